The van der Waals surface area contributed by atoms with Gasteiger partial charge >= 0.3 is 0 Å². The first kappa shape index (κ1) is 25.4. The Hall–Kier alpha value is -2.26. The highest BCUT2D eigenvalue weighted by molar-refractivity contribution is 6.20. The second-order valence-corrected chi connectivity index (χ2v) is 10.6. The van der Waals surface area contributed by atoms with Crippen LogP contribution in [-0.2, 0) is 6.42 Å². The zero-order chi connectivity index (χ0) is 25.4. The van der Waals surface area contributed by atoms with Crippen molar-refractivity contribution in [3.63, 3.8) is 0 Å². The maximum absolute atomic E-state index is 15.7. The Bertz CT molecular complexity index is 1190. The number of likely N-dealkylation sites (tertiary alicyclic amines) is 1. The quantitative estimate of drug-likeness (QED) is 0.354. The molecule has 0 aliphatic carbocycles. The summed E-state index contributed by atoms with van der Waals surface area (Å²) >= 11 is 6.33. The highest BCUT2D eigenvalue weighted by Gasteiger charge is 2.39. The van der Waals surface area contributed by atoms with E-state index in [1.54, 1.807) is 0 Å². The zero-order valence-corrected chi connectivity index (χ0v) is 21.0. The van der Waals surface area contributed by atoms with Crippen molar-refractivity contribution in [1.82, 2.24) is 14.8 Å². The lowest BCUT2D eigenvalue weighted by molar-refractivity contribution is 0.131. The first-order chi connectivity index (χ1) is 17.4. The molecule has 1 saturated heterocycles. The standard InChI is InChI=1S/C27H32ClF3N4O/c1-16-9-21-20-5-2-3-6-24(20)33-26(21)27(35(16)12-17(28)15-36)25-22(30)10-18(11-23(25)31)32-19-13-34(14-19)8-4-7-29/h2-3,5-6,10-11,16-17,19,27,32-33,36H,4,7-9,12-15H2,1H3/t16-,17-,27-/m1/s1. The van der Waals surface area contributed by atoms with Gasteiger partial charge in [0, 0.05) is 60.1 Å². The first-order valence-electron chi connectivity index (χ1n) is 12.5. The van der Waals surface area contributed by atoms with Crippen LogP contribution in [0.1, 0.15) is 36.2 Å². The summed E-state index contributed by atoms with van der Waals surface area (Å²) in [5.41, 5.74) is 3.10. The molecule has 1 aromatic heterocycles. The van der Waals surface area contributed by atoms with Gasteiger partial charge in [-0.25, -0.2) is 8.78 Å². The van der Waals surface area contributed by atoms with Crippen molar-refractivity contribution >= 4 is 28.2 Å². The number of para-hydroxylation sites is 1. The fourth-order valence-electron chi connectivity index (χ4n) is 5.68. The minimum Gasteiger partial charge on any atom is -0.395 e. The van der Waals surface area contributed by atoms with Crippen molar-refractivity contribution in [2.75, 3.05) is 44.8 Å². The second-order valence-electron chi connectivity index (χ2n) is 9.99. The van der Waals surface area contributed by atoms with Crippen LogP contribution in [0.15, 0.2) is 36.4 Å². The molecule has 36 heavy (non-hydrogen) atoms. The molecule has 3 atom stereocenters. The number of H-pyrrole nitrogens is 1. The van der Waals surface area contributed by atoms with Gasteiger partial charge in [-0.3, -0.25) is 14.2 Å². The molecule has 5 rings (SSSR count). The van der Waals surface area contributed by atoms with E-state index in [0.29, 0.717) is 25.1 Å². The number of rotatable bonds is 9. The molecule has 0 saturated carbocycles. The monoisotopic (exact) mass is 520 g/mol. The Labute approximate surface area is 214 Å². The number of anilines is 1. The second kappa shape index (κ2) is 10.6. The molecular weight excluding hydrogens is 489 g/mol. The molecule has 2 aliphatic rings. The number of nitrogens with one attached hydrogen (secondary N) is 2. The summed E-state index contributed by atoms with van der Waals surface area (Å²) < 4.78 is 43.8. The van der Waals surface area contributed by atoms with Gasteiger partial charge < -0.3 is 15.4 Å². The average molecular weight is 521 g/mol. The summed E-state index contributed by atoms with van der Waals surface area (Å²) in [5.74, 6) is -1.26. The van der Waals surface area contributed by atoms with Crippen LogP contribution >= 0.6 is 11.6 Å². The van der Waals surface area contributed by atoms with E-state index in [0.717, 1.165) is 35.2 Å². The van der Waals surface area contributed by atoms with Gasteiger partial charge in [-0.2, -0.15) is 0 Å². The number of benzene rings is 2. The Morgan fingerprint density at radius 1 is 1.19 bits per heavy atom. The lowest BCUT2D eigenvalue weighted by atomic mass is 9.87. The van der Waals surface area contributed by atoms with Crippen molar-refractivity contribution in [1.29, 1.82) is 0 Å². The zero-order valence-electron chi connectivity index (χ0n) is 20.3. The van der Waals surface area contributed by atoms with E-state index in [9.17, 15) is 9.50 Å². The van der Waals surface area contributed by atoms with Gasteiger partial charge in [-0.1, -0.05) is 18.2 Å². The van der Waals surface area contributed by atoms with Crippen LogP contribution in [0.5, 0.6) is 0 Å². The number of aliphatic hydroxyl groups is 1. The molecule has 9 heteroatoms. The van der Waals surface area contributed by atoms with Gasteiger partial charge in [0.05, 0.1) is 30.7 Å². The van der Waals surface area contributed by atoms with Gasteiger partial charge in [-0.05, 0) is 43.5 Å². The van der Waals surface area contributed by atoms with E-state index < -0.39 is 23.1 Å². The predicted molar refractivity (Wildman–Crippen MR) is 138 cm³/mol. The number of halogens is 4. The Morgan fingerprint density at radius 2 is 1.92 bits per heavy atom. The summed E-state index contributed by atoms with van der Waals surface area (Å²) in [7, 11) is 0. The van der Waals surface area contributed by atoms with Crippen molar-refractivity contribution in [3.8, 4) is 0 Å². The van der Waals surface area contributed by atoms with Gasteiger partial charge in [0.2, 0.25) is 0 Å². The third-order valence-corrected chi connectivity index (χ3v) is 7.69. The van der Waals surface area contributed by atoms with Crippen LogP contribution in [0.2, 0.25) is 0 Å². The van der Waals surface area contributed by atoms with Crippen LogP contribution in [0.3, 0.4) is 0 Å². The molecule has 3 aromatic rings. The molecule has 0 bridgehead atoms. The van der Waals surface area contributed by atoms with Crippen molar-refractivity contribution in [2.24, 2.45) is 0 Å². The van der Waals surface area contributed by atoms with E-state index in [2.05, 4.69) is 15.2 Å². The molecule has 5 nitrogen and oxygen atoms in total. The van der Waals surface area contributed by atoms with Gasteiger partial charge in [0.25, 0.3) is 0 Å². The molecule has 0 unspecified atom stereocenters. The molecule has 3 heterocycles. The van der Waals surface area contributed by atoms with E-state index in [1.807, 2.05) is 36.1 Å². The fraction of sp³-hybridized carbons (Fsp3) is 0.481. The molecular formula is C27H32ClF3N4O. The molecule has 0 amide bonds. The van der Waals surface area contributed by atoms with Gasteiger partial charge in [0.15, 0.2) is 0 Å². The van der Waals surface area contributed by atoms with Gasteiger partial charge in [0.1, 0.15) is 11.6 Å². The minimum absolute atomic E-state index is 0.0279. The highest BCUT2D eigenvalue weighted by Crippen LogP contribution is 2.43. The molecule has 0 radical (unpaired) electrons. The van der Waals surface area contributed by atoms with Crippen molar-refractivity contribution in [2.45, 2.75) is 43.3 Å². The molecule has 194 valence electrons. The van der Waals surface area contributed by atoms with Crippen LogP contribution in [0, 0.1) is 11.6 Å². The fourth-order valence-corrected chi connectivity index (χ4v) is 5.84. The number of nitrogens with zero attached hydrogens (tertiary/aromatic N) is 2. The number of hydrogen-bond acceptors (Lipinski definition) is 4. The number of aromatic nitrogens is 1. The first-order valence-corrected chi connectivity index (χ1v) is 13.0. The third-order valence-electron chi connectivity index (χ3n) is 7.41. The van der Waals surface area contributed by atoms with Crippen LogP contribution < -0.4 is 5.32 Å². The number of hydrogen-bond donors (Lipinski definition) is 3. The van der Waals surface area contributed by atoms with Crippen LogP contribution in [-0.4, -0.2) is 76.8 Å². The SMILES string of the molecule is C[C@@H]1Cc2c([nH]c3ccccc23)[C@@H](c2c(F)cc(NC3CN(CCCF)C3)cc2F)N1C[C@@H](Cl)CO. The number of alkyl halides is 2. The van der Waals surface area contributed by atoms with Crippen molar-refractivity contribution < 1.29 is 18.3 Å². The van der Waals surface area contributed by atoms with Crippen LogP contribution in [0.25, 0.3) is 10.9 Å². The highest BCUT2D eigenvalue weighted by atomic mass is 35.5. The van der Waals surface area contributed by atoms with E-state index in [4.69, 9.17) is 11.6 Å². The summed E-state index contributed by atoms with van der Waals surface area (Å²) in [6, 6.07) is 9.91. The minimum atomic E-state index is -0.710. The number of aromatic amines is 1. The molecule has 2 aromatic carbocycles. The number of fused-ring (bicyclic) bond motifs is 3. The summed E-state index contributed by atoms with van der Waals surface area (Å²) in [6.07, 6.45) is 1.20. The largest absolute Gasteiger partial charge is 0.395 e. The van der Waals surface area contributed by atoms with Crippen molar-refractivity contribution in [3.05, 3.63) is 64.9 Å². The Kier molecular flexibility index (Phi) is 7.49. The smallest absolute Gasteiger partial charge is 0.133 e. The maximum Gasteiger partial charge on any atom is 0.133 e. The van der Waals surface area contributed by atoms with E-state index in [-0.39, 0.29) is 37.5 Å². The normalized spacial score (nSPS) is 21.9. The molecule has 2 aliphatic heterocycles. The molecule has 0 spiro atoms. The number of aliphatic hydroxyl groups excluding tert-OH is 1. The maximum atomic E-state index is 15.7. The lowest BCUT2D eigenvalue weighted by Gasteiger charge is -2.42. The summed E-state index contributed by atoms with van der Waals surface area (Å²) in [6.45, 7) is 3.86. The topological polar surface area (TPSA) is 54.5 Å². The summed E-state index contributed by atoms with van der Waals surface area (Å²) in [5, 5.41) is 13.3. The lowest BCUT2D eigenvalue weighted by Crippen LogP contribution is -2.54. The molecule has 3 N–H and O–H groups in total. The van der Waals surface area contributed by atoms with E-state index >= 15 is 8.78 Å². The van der Waals surface area contributed by atoms with Gasteiger partial charge in [-0.15, -0.1) is 11.6 Å². The third kappa shape index (κ3) is 4.84. The average Bonchev–Trinajstić information content (AvgIpc) is 3.19. The predicted octanol–water partition coefficient (Wildman–Crippen LogP) is 4.84. The Morgan fingerprint density at radius 3 is 2.61 bits per heavy atom. The van der Waals surface area contributed by atoms with E-state index in [1.165, 1.54) is 12.1 Å². The summed E-state index contributed by atoms with van der Waals surface area (Å²) in [4.78, 5) is 7.51. The van der Waals surface area contributed by atoms with Crippen LogP contribution in [0.4, 0.5) is 18.9 Å². The molecule has 1 fully saturated rings. The Balaban J connectivity index is 1.48.